The Labute approximate surface area is 108 Å². The minimum atomic E-state index is 0.694. The first-order valence-electron chi connectivity index (χ1n) is 5.34. The molecular formula is C12H13NS3. The third-order valence-corrected chi connectivity index (χ3v) is 6.36. The molecule has 1 aliphatic heterocycles. The van der Waals surface area contributed by atoms with Gasteiger partial charge < -0.3 is 4.57 Å². The molecule has 1 saturated heterocycles. The van der Waals surface area contributed by atoms with Gasteiger partial charge >= 0.3 is 0 Å². The molecule has 0 spiro atoms. The molecule has 1 fully saturated rings. The van der Waals surface area contributed by atoms with Gasteiger partial charge in [-0.1, -0.05) is 0 Å². The Bertz CT molecular complexity index is 441. The van der Waals surface area contributed by atoms with Crippen molar-refractivity contribution in [1.82, 2.24) is 4.57 Å². The molecule has 0 N–H and O–H groups in total. The molecule has 84 valence electrons. The summed E-state index contributed by atoms with van der Waals surface area (Å²) >= 11 is 5.96. The number of hydrogen-bond donors (Lipinski definition) is 0. The van der Waals surface area contributed by atoms with E-state index in [-0.39, 0.29) is 0 Å². The van der Waals surface area contributed by atoms with Gasteiger partial charge in [0.25, 0.3) is 0 Å². The predicted octanol–water partition coefficient (Wildman–Crippen LogP) is 4.06. The fourth-order valence-corrected chi connectivity index (χ4v) is 5.25. The van der Waals surface area contributed by atoms with Gasteiger partial charge in [-0.3, -0.25) is 0 Å². The minimum Gasteiger partial charge on any atom is -0.315 e. The lowest BCUT2D eigenvalue weighted by atomic mass is 10.3. The number of rotatable bonds is 2. The van der Waals surface area contributed by atoms with Crippen LogP contribution >= 0.6 is 34.9 Å². The van der Waals surface area contributed by atoms with E-state index in [4.69, 9.17) is 0 Å². The van der Waals surface area contributed by atoms with Crippen LogP contribution in [-0.2, 0) is 0 Å². The Morgan fingerprint density at radius 2 is 2.25 bits per heavy atom. The molecule has 16 heavy (non-hydrogen) atoms. The second kappa shape index (κ2) is 4.90. The molecule has 1 aliphatic rings. The van der Waals surface area contributed by atoms with Gasteiger partial charge in [0.1, 0.15) is 0 Å². The van der Waals surface area contributed by atoms with E-state index >= 15 is 0 Å². The minimum absolute atomic E-state index is 0.694. The van der Waals surface area contributed by atoms with E-state index in [1.165, 1.54) is 27.8 Å². The van der Waals surface area contributed by atoms with Crippen molar-refractivity contribution >= 4 is 34.9 Å². The van der Waals surface area contributed by atoms with Crippen LogP contribution in [0.1, 0.15) is 10.8 Å². The predicted molar refractivity (Wildman–Crippen MR) is 76.2 cm³/mol. The molecule has 1 atom stereocenters. The summed E-state index contributed by atoms with van der Waals surface area (Å²) in [4.78, 5) is 0. The molecule has 2 aromatic rings. The van der Waals surface area contributed by atoms with E-state index < -0.39 is 0 Å². The lowest BCUT2D eigenvalue weighted by Gasteiger charge is -2.19. The zero-order valence-corrected chi connectivity index (χ0v) is 11.3. The van der Waals surface area contributed by atoms with E-state index in [0.29, 0.717) is 5.25 Å². The van der Waals surface area contributed by atoms with Crippen molar-refractivity contribution in [3.63, 3.8) is 0 Å². The molecule has 0 aliphatic carbocycles. The van der Waals surface area contributed by atoms with Gasteiger partial charge in [0.15, 0.2) is 0 Å². The van der Waals surface area contributed by atoms with Crippen molar-refractivity contribution in [3.8, 4) is 5.00 Å². The summed E-state index contributed by atoms with van der Waals surface area (Å²) in [6.07, 6.45) is 4.47. The van der Waals surface area contributed by atoms with Crippen LogP contribution in [0.2, 0.25) is 0 Å². The van der Waals surface area contributed by atoms with Gasteiger partial charge in [0.2, 0.25) is 0 Å². The Morgan fingerprint density at radius 3 is 3.00 bits per heavy atom. The van der Waals surface area contributed by atoms with Gasteiger partial charge in [-0.25, -0.2) is 0 Å². The highest BCUT2D eigenvalue weighted by atomic mass is 32.2. The number of aromatic nitrogens is 1. The zero-order valence-electron chi connectivity index (χ0n) is 8.83. The van der Waals surface area contributed by atoms with Crippen LogP contribution in [-0.4, -0.2) is 21.8 Å². The molecule has 2 aromatic heterocycles. The van der Waals surface area contributed by atoms with Gasteiger partial charge in [-0.2, -0.15) is 23.5 Å². The molecule has 0 bridgehead atoms. The van der Waals surface area contributed by atoms with Crippen LogP contribution in [0.5, 0.6) is 0 Å². The van der Waals surface area contributed by atoms with E-state index in [1.54, 1.807) is 11.3 Å². The van der Waals surface area contributed by atoms with Gasteiger partial charge in [0, 0.05) is 34.9 Å². The van der Waals surface area contributed by atoms with E-state index in [1.807, 2.05) is 0 Å². The van der Waals surface area contributed by atoms with Crippen LogP contribution in [0.4, 0.5) is 0 Å². The van der Waals surface area contributed by atoms with Gasteiger partial charge in [0.05, 0.1) is 5.00 Å². The highest BCUT2D eigenvalue weighted by Crippen LogP contribution is 2.37. The lowest BCUT2D eigenvalue weighted by molar-refractivity contribution is 1.06. The number of nitrogens with zero attached hydrogens (tertiary/aromatic N) is 1. The highest BCUT2D eigenvalue weighted by molar-refractivity contribution is 8.06. The first kappa shape index (κ1) is 10.8. The second-order valence-corrected chi connectivity index (χ2v) is 7.12. The number of thiophene rings is 1. The summed E-state index contributed by atoms with van der Waals surface area (Å²) in [6.45, 7) is 0. The normalized spacial score (nSPS) is 21.1. The lowest BCUT2D eigenvalue weighted by Crippen LogP contribution is -2.05. The monoisotopic (exact) mass is 267 g/mol. The van der Waals surface area contributed by atoms with E-state index in [2.05, 4.69) is 64.1 Å². The maximum Gasteiger partial charge on any atom is 0.0989 e. The Kier molecular flexibility index (Phi) is 3.31. The van der Waals surface area contributed by atoms with Crippen LogP contribution in [0.25, 0.3) is 5.00 Å². The Hall–Kier alpha value is -0.320. The van der Waals surface area contributed by atoms with Crippen molar-refractivity contribution in [1.29, 1.82) is 0 Å². The average molecular weight is 267 g/mol. The third-order valence-electron chi connectivity index (χ3n) is 2.66. The summed E-state index contributed by atoms with van der Waals surface area (Å²) in [6, 6.07) is 6.53. The van der Waals surface area contributed by atoms with Crippen molar-refractivity contribution in [2.24, 2.45) is 0 Å². The van der Waals surface area contributed by atoms with Crippen molar-refractivity contribution < 1.29 is 0 Å². The van der Waals surface area contributed by atoms with Crippen LogP contribution in [0.3, 0.4) is 0 Å². The molecule has 0 aromatic carbocycles. The van der Waals surface area contributed by atoms with Crippen LogP contribution < -0.4 is 0 Å². The first-order chi connectivity index (χ1) is 7.93. The zero-order chi connectivity index (χ0) is 10.8. The van der Waals surface area contributed by atoms with Crippen molar-refractivity contribution in [3.05, 3.63) is 41.5 Å². The molecule has 4 heteroatoms. The highest BCUT2D eigenvalue weighted by Gasteiger charge is 2.17. The Balaban J connectivity index is 1.82. The summed E-state index contributed by atoms with van der Waals surface area (Å²) in [7, 11) is 0. The molecule has 0 radical (unpaired) electrons. The summed E-state index contributed by atoms with van der Waals surface area (Å²) < 4.78 is 2.24. The van der Waals surface area contributed by atoms with Crippen LogP contribution in [0, 0.1) is 0 Å². The van der Waals surface area contributed by atoms with Gasteiger partial charge in [-0.15, -0.1) is 11.3 Å². The molecule has 0 saturated carbocycles. The number of thioether (sulfide) groups is 2. The summed E-state index contributed by atoms with van der Waals surface area (Å²) in [5, 5.41) is 4.12. The quantitative estimate of drug-likeness (QED) is 0.808. The topological polar surface area (TPSA) is 4.93 Å². The Morgan fingerprint density at radius 1 is 1.25 bits per heavy atom. The fraction of sp³-hybridized carbons (Fsp3) is 0.333. The SMILES string of the molecule is c1csc(-n2ccc(C3CSCCS3)c2)c1. The largest absolute Gasteiger partial charge is 0.315 e. The maximum absolute atomic E-state index is 2.29. The van der Waals surface area contributed by atoms with E-state index in [0.717, 1.165) is 0 Å². The van der Waals surface area contributed by atoms with E-state index in [9.17, 15) is 0 Å². The second-order valence-electron chi connectivity index (χ2n) is 3.74. The molecule has 1 nitrogen and oxygen atoms in total. The molecule has 3 heterocycles. The summed E-state index contributed by atoms with van der Waals surface area (Å²) in [5.41, 5.74) is 1.48. The van der Waals surface area contributed by atoms with Crippen molar-refractivity contribution in [2.75, 3.05) is 17.3 Å². The standard InChI is InChI=1S/C12H13NS3/c1-2-12(16-5-1)13-4-3-10(8-13)11-9-14-6-7-15-11/h1-5,8,11H,6-7,9H2. The first-order valence-corrected chi connectivity index (χ1v) is 8.43. The fourth-order valence-electron chi connectivity index (χ4n) is 1.84. The van der Waals surface area contributed by atoms with Gasteiger partial charge in [-0.05, 0) is 29.1 Å². The maximum atomic E-state index is 2.29. The molecule has 3 rings (SSSR count). The number of hydrogen-bond acceptors (Lipinski definition) is 3. The third kappa shape index (κ3) is 2.19. The smallest absolute Gasteiger partial charge is 0.0989 e. The van der Waals surface area contributed by atoms with Crippen molar-refractivity contribution in [2.45, 2.75) is 5.25 Å². The van der Waals surface area contributed by atoms with Crippen LogP contribution in [0.15, 0.2) is 36.0 Å². The molecule has 1 unspecified atom stereocenters. The summed E-state index contributed by atoms with van der Waals surface area (Å²) in [5.74, 6) is 3.87. The molecule has 0 amide bonds. The molecular weight excluding hydrogens is 254 g/mol. The average Bonchev–Trinajstić information content (AvgIpc) is 3.01.